The maximum absolute atomic E-state index is 9.15. The second-order valence-corrected chi connectivity index (χ2v) is 5.13. The van der Waals surface area contributed by atoms with Crippen molar-refractivity contribution in [2.24, 2.45) is 5.92 Å². The van der Waals surface area contributed by atoms with Crippen molar-refractivity contribution in [3.05, 3.63) is 0 Å². The van der Waals surface area contributed by atoms with Crippen LogP contribution in [-0.4, -0.2) is 25.8 Å². The van der Waals surface area contributed by atoms with Crippen molar-refractivity contribution in [3.8, 4) is 6.07 Å². The Hall–Kier alpha value is -0.590. The fourth-order valence-electron chi connectivity index (χ4n) is 2.57. The average molecular weight is 238 g/mol. The van der Waals surface area contributed by atoms with E-state index in [-0.39, 0.29) is 5.54 Å². The molecular weight excluding hydrogens is 212 g/mol. The number of nitrogens with zero attached hydrogens (tertiary/aromatic N) is 1. The summed E-state index contributed by atoms with van der Waals surface area (Å²) in [5.41, 5.74) is -0.350. The molecule has 0 aromatic carbocycles. The van der Waals surface area contributed by atoms with Gasteiger partial charge >= 0.3 is 0 Å². The van der Waals surface area contributed by atoms with Crippen molar-refractivity contribution >= 4 is 0 Å². The van der Waals surface area contributed by atoms with Crippen LogP contribution in [0.25, 0.3) is 0 Å². The van der Waals surface area contributed by atoms with Crippen molar-refractivity contribution in [1.82, 2.24) is 5.32 Å². The molecule has 0 aliphatic heterocycles. The van der Waals surface area contributed by atoms with Gasteiger partial charge in [0.1, 0.15) is 5.54 Å². The molecule has 0 radical (unpaired) electrons. The third-order valence-corrected chi connectivity index (χ3v) is 4.02. The molecule has 0 amide bonds. The Labute approximate surface area is 106 Å². The second kappa shape index (κ2) is 7.68. The topological polar surface area (TPSA) is 45.0 Å². The minimum atomic E-state index is -0.350. The van der Waals surface area contributed by atoms with Gasteiger partial charge in [0.25, 0.3) is 0 Å². The summed E-state index contributed by atoms with van der Waals surface area (Å²) in [4.78, 5) is 0. The SMILES string of the molecule is CCC(C#N)(CCCOCC1CCCC1)NC. The van der Waals surface area contributed by atoms with Gasteiger partial charge in [-0.3, -0.25) is 0 Å². The zero-order valence-electron chi connectivity index (χ0n) is 11.3. The molecule has 1 rings (SSSR count). The van der Waals surface area contributed by atoms with Gasteiger partial charge in [-0.2, -0.15) is 5.26 Å². The molecule has 1 N–H and O–H groups in total. The third kappa shape index (κ3) is 4.65. The molecule has 17 heavy (non-hydrogen) atoms. The van der Waals surface area contributed by atoms with Crippen LogP contribution in [0, 0.1) is 17.2 Å². The zero-order chi connectivity index (χ0) is 12.6. The Morgan fingerprint density at radius 3 is 2.65 bits per heavy atom. The Kier molecular flexibility index (Phi) is 6.54. The fraction of sp³-hybridized carbons (Fsp3) is 0.929. The summed E-state index contributed by atoms with van der Waals surface area (Å²) in [6, 6.07) is 2.38. The van der Waals surface area contributed by atoms with Crippen molar-refractivity contribution < 1.29 is 4.74 Å². The molecule has 0 aromatic rings. The molecular formula is C14H26N2O. The minimum absolute atomic E-state index is 0.350. The van der Waals surface area contributed by atoms with E-state index in [2.05, 4.69) is 18.3 Å². The molecule has 1 aliphatic rings. The second-order valence-electron chi connectivity index (χ2n) is 5.13. The van der Waals surface area contributed by atoms with Crippen LogP contribution in [0.1, 0.15) is 51.9 Å². The first-order valence-electron chi connectivity index (χ1n) is 6.94. The Bertz CT molecular complexity index is 237. The van der Waals surface area contributed by atoms with Gasteiger partial charge in [0.05, 0.1) is 6.07 Å². The maximum atomic E-state index is 9.15. The smallest absolute Gasteiger partial charge is 0.106 e. The van der Waals surface area contributed by atoms with Gasteiger partial charge in [-0.25, -0.2) is 0 Å². The number of nitriles is 1. The largest absolute Gasteiger partial charge is 0.381 e. The number of nitrogens with one attached hydrogen (secondary N) is 1. The predicted octanol–water partition coefficient (Wildman–Crippen LogP) is 2.87. The number of hydrogen-bond donors (Lipinski definition) is 1. The molecule has 1 saturated carbocycles. The van der Waals surface area contributed by atoms with E-state index in [0.717, 1.165) is 38.4 Å². The van der Waals surface area contributed by atoms with Crippen LogP contribution in [0.15, 0.2) is 0 Å². The molecule has 0 heterocycles. The summed E-state index contributed by atoms with van der Waals surface area (Å²) in [6.45, 7) is 3.77. The Morgan fingerprint density at radius 2 is 2.12 bits per heavy atom. The van der Waals surface area contributed by atoms with Crippen LogP contribution in [0.2, 0.25) is 0 Å². The van der Waals surface area contributed by atoms with Gasteiger partial charge in [-0.15, -0.1) is 0 Å². The van der Waals surface area contributed by atoms with Crippen LogP contribution in [0.3, 0.4) is 0 Å². The highest BCUT2D eigenvalue weighted by molar-refractivity contribution is 5.05. The van der Waals surface area contributed by atoms with Crippen LogP contribution < -0.4 is 5.32 Å². The van der Waals surface area contributed by atoms with Crippen LogP contribution in [0.5, 0.6) is 0 Å². The van der Waals surface area contributed by atoms with E-state index in [1.807, 2.05) is 7.05 Å². The Balaban J connectivity index is 2.08. The first kappa shape index (κ1) is 14.5. The van der Waals surface area contributed by atoms with Crippen molar-refractivity contribution in [3.63, 3.8) is 0 Å². The van der Waals surface area contributed by atoms with E-state index in [9.17, 15) is 0 Å². The Morgan fingerprint density at radius 1 is 1.41 bits per heavy atom. The normalized spacial score (nSPS) is 20.1. The molecule has 3 heteroatoms. The van der Waals surface area contributed by atoms with Gasteiger partial charge in [0, 0.05) is 13.2 Å². The van der Waals surface area contributed by atoms with Gasteiger partial charge in [0.2, 0.25) is 0 Å². The van der Waals surface area contributed by atoms with E-state index in [1.165, 1.54) is 25.7 Å². The predicted molar refractivity (Wildman–Crippen MR) is 69.7 cm³/mol. The highest BCUT2D eigenvalue weighted by Gasteiger charge is 2.24. The molecule has 0 bridgehead atoms. The highest BCUT2D eigenvalue weighted by Crippen LogP contribution is 2.24. The van der Waals surface area contributed by atoms with Gasteiger partial charge in [-0.1, -0.05) is 19.8 Å². The number of hydrogen-bond acceptors (Lipinski definition) is 3. The molecule has 98 valence electrons. The van der Waals surface area contributed by atoms with Gasteiger partial charge in [0.15, 0.2) is 0 Å². The third-order valence-electron chi connectivity index (χ3n) is 4.02. The summed E-state index contributed by atoms with van der Waals surface area (Å²) >= 11 is 0. The van der Waals surface area contributed by atoms with Crippen molar-refractivity contribution in [2.45, 2.75) is 57.4 Å². The summed E-state index contributed by atoms with van der Waals surface area (Å²) in [6.07, 6.45) is 8.13. The van der Waals surface area contributed by atoms with E-state index < -0.39 is 0 Å². The molecule has 0 aromatic heterocycles. The molecule has 1 aliphatic carbocycles. The monoisotopic (exact) mass is 238 g/mol. The first-order valence-corrected chi connectivity index (χ1v) is 6.94. The molecule has 3 nitrogen and oxygen atoms in total. The molecule has 1 fully saturated rings. The summed E-state index contributed by atoms with van der Waals surface area (Å²) < 4.78 is 5.71. The lowest BCUT2D eigenvalue weighted by Crippen LogP contribution is -2.40. The van der Waals surface area contributed by atoms with Gasteiger partial charge in [-0.05, 0) is 45.1 Å². The van der Waals surface area contributed by atoms with Crippen molar-refractivity contribution in [2.75, 3.05) is 20.3 Å². The quantitative estimate of drug-likeness (QED) is 0.661. The lowest BCUT2D eigenvalue weighted by atomic mass is 9.92. The van der Waals surface area contributed by atoms with Crippen LogP contribution in [-0.2, 0) is 4.74 Å². The van der Waals surface area contributed by atoms with Crippen LogP contribution >= 0.6 is 0 Å². The van der Waals surface area contributed by atoms with Gasteiger partial charge < -0.3 is 10.1 Å². The average Bonchev–Trinajstić information content (AvgIpc) is 2.88. The molecule has 0 saturated heterocycles. The minimum Gasteiger partial charge on any atom is -0.381 e. The number of ether oxygens (including phenoxy) is 1. The highest BCUT2D eigenvalue weighted by atomic mass is 16.5. The van der Waals surface area contributed by atoms with E-state index in [1.54, 1.807) is 0 Å². The van der Waals surface area contributed by atoms with E-state index >= 15 is 0 Å². The fourth-order valence-corrected chi connectivity index (χ4v) is 2.57. The zero-order valence-corrected chi connectivity index (χ0v) is 11.3. The van der Waals surface area contributed by atoms with Crippen LogP contribution in [0.4, 0.5) is 0 Å². The lowest BCUT2D eigenvalue weighted by molar-refractivity contribution is 0.0947. The molecule has 1 unspecified atom stereocenters. The van der Waals surface area contributed by atoms with E-state index in [0.29, 0.717) is 0 Å². The number of rotatable bonds is 8. The standard InChI is InChI=1S/C14H26N2O/c1-3-14(12-15,16-2)9-6-10-17-11-13-7-4-5-8-13/h13,16H,3-11H2,1-2H3. The lowest BCUT2D eigenvalue weighted by Gasteiger charge is -2.24. The molecule has 1 atom stereocenters. The summed E-state index contributed by atoms with van der Waals surface area (Å²) in [5.74, 6) is 0.797. The summed E-state index contributed by atoms with van der Waals surface area (Å²) in [7, 11) is 1.87. The maximum Gasteiger partial charge on any atom is 0.106 e. The van der Waals surface area contributed by atoms with E-state index in [4.69, 9.17) is 10.00 Å². The summed E-state index contributed by atoms with van der Waals surface area (Å²) in [5, 5.41) is 12.3. The molecule has 0 spiro atoms. The van der Waals surface area contributed by atoms with Crippen molar-refractivity contribution in [1.29, 1.82) is 5.26 Å². The first-order chi connectivity index (χ1) is 8.26.